The number of benzene rings is 3. The second-order valence-electron chi connectivity index (χ2n) is 9.24. The largest absolute Gasteiger partial charge is 0.497 e. The highest BCUT2D eigenvalue weighted by Gasteiger charge is 2.21. The molecule has 4 aromatic rings. The number of aryl methyl sites for hydroxylation is 1. The van der Waals surface area contributed by atoms with Crippen molar-refractivity contribution in [2.24, 2.45) is 0 Å². The van der Waals surface area contributed by atoms with E-state index in [1.807, 2.05) is 49.8 Å². The Bertz CT molecular complexity index is 1640. The summed E-state index contributed by atoms with van der Waals surface area (Å²) < 4.78 is 32.8. The van der Waals surface area contributed by atoms with Crippen molar-refractivity contribution in [1.82, 2.24) is 9.71 Å². The van der Waals surface area contributed by atoms with Gasteiger partial charge in [-0.3, -0.25) is 4.98 Å². The normalized spacial score (nSPS) is 11.4. The van der Waals surface area contributed by atoms with Crippen molar-refractivity contribution in [3.63, 3.8) is 0 Å². The van der Waals surface area contributed by atoms with Crippen molar-refractivity contribution in [3.05, 3.63) is 84.1 Å². The van der Waals surface area contributed by atoms with Gasteiger partial charge in [0.25, 0.3) is 10.0 Å². The molecule has 0 radical (unpaired) electrons. The number of rotatable bonds is 7. The first-order valence-electron chi connectivity index (χ1n) is 11.7. The molecular weight excluding hydrogens is 502 g/mol. The van der Waals surface area contributed by atoms with Crippen LogP contribution >= 0.6 is 0 Å². The molecule has 0 atom stereocenters. The predicted octanol–water partition coefficient (Wildman–Crippen LogP) is 5.61. The number of anilines is 3. The maximum Gasteiger partial charge on any atom is 0.333 e. The van der Waals surface area contributed by atoms with Gasteiger partial charge in [-0.05, 0) is 68.8 Å². The number of fused-ring (bicyclic) bond motifs is 1. The lowest BCUT2D eigenvalue weighted by atomic mass is 9.86. The maximum absolute atomic E-state index is 12.8. The zero-order valence-electron chi connectivity index (χ0n) is 21.4. The number of methoxy groups -OCH3 is 1. The summed E-state index contributed by atoms with van der Waals surface area (Å²) in [7, 11) is -2.55. The van der Waals surface area contributed by atoms with E-state index in [0.717, 1.165) is 11.1 Å². The summed E-state index contributed by atoms with van der Waals surface area (Å²) in [6.45, 7) is 5.51. The summed E-state index contributed by atoms with van der Waals surface area (Å²) in [6, 6.07) is 20.2. The monoisotopic (exact) mass is 529 g/mol. The molecule has 0 bridgehead atoms. The molecule has 0 saturated carbocycles. The Hall–Kier alpha value is -4.62. The van der Waals surface area contributed by atoms with Crippen LogP contribution in [0.15, 0.2) is 77.8 Å². The molecule has 1 aromatic heterocycles. The van der Waals surface area contributed by atoms with E-state index >= 15 is 0 Å². The van der Waals surface area contributed by atoms with Gasteiger partial charge in [-0.2, -0.15) is 5.26 Å². The first-order valence-corrected chi connectivity index (χ1v) is 13.2. The number of pyridine rings is 1. The van der Waals surface area contributed by atoms with E-state index in [1.54, 1.807) is 37.4 Å². The van der Waals surface area contributed by atoms with E-state index in [9.17, 15) is 18.5 Å². The van der Waals surface area contributed by atoms with Crippen LogP contribution in [0, 0.1) is 18.3 Å². The third-order valence-corrected chi connectivity index (χ3v) is 7.38. The number of nitrogens with zero attached hydrogens (tertiary/aromatic N) is 2. The van der Waals surface area contributed by atoms with Gasteiger partial charge in [-0.15, -0.1) is 0 Å². The average Bonchev–Trinajstić information content (AvgIpc) is 2.90. The fraction of sp³-hybridized carbons (Fsp3) is 0.179. The summed E-state index contributed by atoms with van der Waals surface area (Å²) in [5.41, 5.74) is 3.16. The average molecular weight is 530 g/mol. The van der Waals surface area contributed by atoms with Gasteiger partial charge in [0.05, 0.1) is 46.6 Å². The van der Waals surface area contributed by atoms with Crippen molar-refractivity contribution >= 4 is 44.0 Å². The lowest BCUT2D eigenvalue weighted by Gasteiger charge is -2.18. The standard InChI is InChI=1S/C28H27N5O4S/c1-18-5-12-22(13-6-18)38(35,36)33-27(34)32-25-16-30-24-14-11-21(37-4)15-23(24)26(25)31-20-9-7-19(8-10-20)28(2,3)17-29/h5-16H,1-4H3,(H,30,31)(H2,32,33,34). The molecule has 0 spiro atoms. The van der Waals surface area contributed by atoms with Crippen molar-refractivity contribution in [3.8, 4) is 11.8 Å². The molecule has 38 heavy (non-hydrogen) atoms. The zero-order valence-corrected chi connectivity index (χ0v) is 22.2. The number of sulfonamides is 1. The topological polar surface area (TPSA) is 133 Å². The third-order valence-electron chi connectivity index (χ3n) is 6.04. The Labute approximate surface area is 221 Å². The Balaban J connectivity index is 1.68. The van der Waals surface area contributed by atoms with Crippen LogP contribution in [0.25, 0.3) is 10.9 Å². The number of hydrogen-bond acceptors (Lipinski definition) is 7. The minimum atomic E-state index is -4.09. The number of nitriles is 1. The first-order chi connectivity index (χ1) is 18.0. The summed E-state index contributed by atoms with van der Waals surface area (Å²) in [5.74, 6) is 0.581. The Kier molecular flexibility index (Phi) is 7.23. The number of hydrogen-bond donors (Lipinski definition) is 3. The van der Waals surface area contributed by atoms with Crippen LogP contribution in [0.4, 0.5) is 21.9 Å². The van der Waals surface area contributed by atoms with E-state index in [-0.39, 0.29) is 10.6 Å². The summed E-state index contributed by atoms with van der Waals surface area (Å²) in [6.07, 6.45) is 1.45. The highest BCUT2D eigenvalue weighted by atomic mass is 32.2. The fourth-order valence-corrected chi connectivity index (χ4v) is 4.66. The van der Waals surface area contributed by atoms with Gasteiger partial charge in [0.15, 0.2) is 0 Å². The van der Waals surface area contributed by atoms with E-state index in [4.69, 9.17) is 4.74 Å². The van der Waals surface area contributed by atoms with Crippen molar-refractivity contribution in [2.75, 3.05) is 17.7 Å². The van der Waals surface area contributed by atoms with Gasteiger partial charge >= 0.3 is 6.03 Å². The smallest absolute Gasteiger partial charge is 0.333 e. The first kappa shape index (κ1) is 26.4. The Morgan fingerprint density at radius 3 is 2.34 bits per heavy atom. The van der Waals surface area contributed by atoms with Crippen LogP contribution in [0.1, 0.15) is 25.0 Å². The molecule has 0 unspecified atom stereocenters. The number of aromatic nitrogens is 1. The van der Waals surface area contributed by atoms with Crippen molar-refractivity contribution in [1.29, 1.82) is 5.26 Å². The van der Waals surface area contributed by atoms with Crippen LogP contribution in [0.5, 0.6) is 5.75 Å². The van der Waals surface area contributed by atoms with Gasteiger partial charge in [0, 0.05) is 11.1 Å². The van der Waals surface area contributed by atoms with Crippen LogP contribution in [-0.2, 0) is 15.4 Å². The molecule has 0 aliphatic carbocycles. The van der Waals surface area contributed by atoms with Crippen molar-refractivity contribution in [2.45, 2.75) is 31.1 Å². The molecule has 2 amide bonds. The number of ether oxygens (including phenoxy) is 1. The second kappa shape index (κ2) is 10.4. The fourth-order valence-electron chi connectivity index (χ4n) is 3.75. The minimum Gasteiger partial charge on any atom is -0.497 e. The number of carbonyl (C=O) groups is 1. The highest BCUT2D eigenvalue weighted by Crippen LogP contribution is 2.35. The summed E-state index contributed by atoms with van der Waals surface area (Å²) in [5, 5.41) is 16.0. The number of amides is 2. The predicted molar refractivity (Wildman–Crippen MR) is 147 cm³/mol. The maximum atomic E-state index is 12.8. The quantitative estimate of drug-likeness (QED) is 0.283. The van der Waals surface area contributed by atoms with Crippen LogP contribution in [0.2, 0.25) is 0 Å². The lowest BCUT2D eigenvalue weighted by molar-refractivity contribution is 0.256. The van der Waals surface area contributed by atoms with Crippen LogP contribution in [0.3, 0.4) is 0 Å². The van der Waals surface area contributed by atoms with Gasteiger partial charge in [-0.25, -0.2) is 17.9 Å². The van der Waals surface area contributed by atoms with E-state index in [1.165, 1.54) is 18.3 Å². The molecule has 3 N–H and O–H groups in total. The molecule has 10 heteroatoms. The third kappa shape index (κ3) is 5.68. The number of urea groups is 1. The molecule has 194 valence electrons. The summed E-state index contributed by atoms with van der Waals surface area (Å²) in [4.78, 5) is 17.2. The molecule has 3 aromatic carbocycles. The van der Waals surface area contributed by atoms with Gasteiger partial charge in [-0.1, -0.05) is 29.8 Å². The molecule has 0 aliphatic rings. The zero-order chi connectivity index (χ0) is 27.5. The Morgan fingerprint density at radius 2 is 1.71 bits per heavy atom. The van der Waals surface area contributed by atoms with Gasteiger partial charge < -0.3 is 15.4 Å². The highest BCUT2D eigenvalue weighted by molar-refractivity contribution is 7.90. The second-order valence-corrected chi connectivity index (χ2v) is 10.9. The molecule has 4 rings (SSSR count). The molecule has 0 aliphatic heterocycles. The SMILES string of the molecule is COc1ccc2ncc(NC(=O)NS(=O)(=O)c3ccc(C)cc3)c(Nc3ccc(C(C)(C)C#N)cc3)c2c1. The molecule has 0 fully saturated rings. The van der Waals surface area contributed by atoms with Crippen LogP contribution < -0.4 is 20.1 Å². The number of nitrogens with one attached hydrogen (secondary N) is 3. The van der Waals surface area contributed by atoms with E-state index < -0.39 is 21.5 Å². The van der Waals surface area contributed by atoms with E-state index in [2.05, 4.69) is 21.7 Å². The molecule has 9 nitrogen and oxygen atoms in total. The lowest BCUT2D eigenvalue weighted by Crippen LogP contribution is -2.34. The Morgan fingerprint density at radius 1 is 1.03 bits per heavy atom. The molecule has 1 heterocycles. The van der Waals surface area contributed by atoms with E-state index in [0.29, 0.717) is 28.0 Å². The van der Waals surface area contributed by atoms with Gasteiger partial charge in [0.2, 0.25) is 0 Å². The minimum absolute atomic E-state index is 0.0293. The molecular formula is C28H27N5O4S. The van der Waals surface area contributed by atoms with Crippen molar-refractivity contribution < 1.29 is 17.9 Å². The van der Waals surface area contributed by atoms with Gasteiger partial charge in [0.1, 0.15) is 5.75 Å². The molecule has 0 saturated heterocycles. The number of carbonyl (C=O) groups excluding carboxylic acids is 1. The van der Waals surface area contributed by atoms with Crippen LogP contribution in [-0.4, -0.2) is 26.5 Å². The summed E-state index contributed by atoms with van der Waals surface area (Å²) >= 11 is 0.